The van der Waals surface area contributed by atoms with Crippen LogP contribution in [-0.4, -0.2) is 4.98 Å². The number of nitrogens with one attached hydrogen (secondary N) is 1. The zero-order valence-electron chi connectivity index (χ0n) is 11.7. The first-order valence-electron chi connectivity index (χ1n) is 7.07. The first kappa shape index (κ1) is 14.0. The lowest BCUT2D eigenvalue weighted by Crippen LogP contribution is -2.38. The fourth-order valence-electron chi connectivity index (χ4n) is 3.41. The van der Waals surface area contributed by atoms with Crippen LogP contribution >= 0.6 is 11.3 Å². The molecule has 0 bridgehead atoms. The van der Waals surface area contributed by atoms with E-state index < -0.39 is 0 Å². The molecule has 0 radical (unpaired) electrons. The predicted octanol–water partition coefficient (Wildman–Crippen LogP) is 3.48. The third-order valence-corrected chi connectivity index (χ3v) is 5.48. The van der Waals surface area contributed by atoms with E-state index >= 15 is 0 Å². The topological polar surface area (TPSA) is 50.9 Å². The molecule has 1 aromatic heterocycles. The molecule has 3 N–H and O–H groups in total. The molecule has 0 amide bonds. The molecule has 0 saturated heterocycles. The van der Waals surface area contributed by atoms with Gasteiger partial charge < -0.3 is 0 Å². The lowest BCUT2D eigenvalue weighted by molar-refractivity contribution is 0.177. The summed E-state index contributed by atoms with van der Waals surface area (Å²) in [5, 5.41) is 1.15. The van der Waals surface area contributed by atoms with E-state index in [-0.39, 0.29) is 0 Å². The molecular formula is C14H25N3S. The van der Waals surface area contributed by atoms with Crippen molar-refractivity contribution in [1.82, 2.24) is 10.4 Å². The molecule has 1 heterocycles. The molecule has 4 heteroatoms. The second kappa shape index (κ2) is 6.13. The summed E-state index contributed by atoms with van der Waals surface area (Å²) in [7, 11) is 0. The molecule has 1 fully saturated rings. The summed E-state index contributed by atoms with van der Waals surface area (Å²) in [4.78, 5) is 5.90. The van der Waals surface area contributed by atoms with Crippen LogP contribution < -0.4 is 11.3 Å². The quantitative estimate of drug-likeness (QED) is 0.648. The van der Waals surface area contributed by atoms with Gasteiger partial charge in [0.15, 0.2) is 0 Å². The van der Waals surface area contributed by atoms with Crippen molar-refractivity contribution in [3.05, 3.63) is 15.6 Å². The average Bonchev–Trinajstić information content (AvgIpc) is 2.70. The highest BCUT2D eigenvalue weighted by Gasteiger charge is 2.33. The van der Waals surface area contributed by atoms with Gasteiger partial charge in [0, 0.05) is 4.88 Å². The molecule has 1 saturated carbocycles. The standard InChI is InChI=1S/C14H25N3S/c1-4-11-7-5-6-8-12(11)13(17-15)14-9(2)16-10(3)18-14/h11-13,17H,4-8,15H2,1-3H3. The maximum atomic E-state index is 5.86. The molecule has 3 nitrogen and oxygen atoms in total. The van der Waals surface area contributed by atoms with Crippen LogP contribution in [0.25, 0.3) is 0 Å². The van der Waals surface area contributed by atoms with E-state index in [0.29, 0.717) is 12.0 Å². The molecule has 0 aliphatic heterocycles. The normalized spacial score (nSPS) is 26.2. The van der Waals surface area contributed by atoms with Gasteiger partial charge in [-0.05, 0) is 32.1 Å². The van der Waals surface area contributed by atoms with Gasteiger partial charge >= 0.3 is 0 Å². The number of hydrogen-bond donors (Lipinski definition) is 2. The maximum Gasteiger partial charge on any atom is 0.0900 e. The summed E-state index contributed by atoms with van der Waals surface area (Å²) in [6.07, 6.45) is 6.64. The van der Waals surface area contributed by atoms with Crippen molar-refractivity contribution in [2.75, 3.05) is 0 Å². The van der Waals surface area contributed by atoms with Crippen LogP contribution in [0.15, 0.2) is 0 Å². The number of hydrogen-bond acceptors (Lipinski definition) is 4. The van der Waals surface area contributed by atoms with E-state index in [1.165, 1.54) is 37.0 Å². The smallest absolute Gasteiger partial charge is 0.0900 e. The Balaban J connectivity index is 2.24. The summed E-state index contributed by atoms with van der Waals surface area (Å²) in [6, 6.07) is 0.293. The molecule has 0 spiro atoms. The van der Waals surface area contributed by atoms with E-state index in [0.717, 1.165) is 16.6 Å². The van der Waals surface area contributed by atoms with Crippen LogP contribution in [0.3, 0.4) is 0 Å². The number of nitrogens with two attached hydrogens (primary N) is 1. The molecule has 1 aliphatic carbocycles. The SMILES string of the molecule is CCC1CCCCC1C(NN)c1sc(C)nc1C. The van der Waals surface area contributed by atoms with Gasteiger partial charge in [-0.2, -0.15) is 0 Å². The van der Waals surface area contributed by atoms with Crippen LogP contribution in [-0.2, 0) is 0 Å². The third kappa shape index (κ3) is 2.76. The minimum atomic E-state index is 0.293. The van der Waals surface area contributed by atoms with E-state index in [1.54, 1.807) is 11.3 Å². The predicted molar refractivity (Wildman–Crippen MR) is 77.4 cm³/mol. The Morgan fingerprint density at radius 2 is 2.11 bits per heavy atom. The van der Waals surface area contributed by atoms with Gasteiger partial charge in [0.2, 0.25) is 0 Å². The summed E-state index contributed by atoms with van der Waals surface area (Å²) >= 11 is 1.80. The number of aryl methyl sites for hydroxylation is 2. The summed E-state index contributed by atoms with van der Waals surface area (Å²) in [5.74, 6) is 7.34. The Hall–Kier alpha value is -0.450. The fraction of sp³-hybridized carbons (Fsp3) is 0.786. The Labute approximate surface area is 114 Å². The van der Waals surface area contributed by atoms with Gasteiger partial charge in [0.25, 0.3) is 0 Å². The number of hydrazine groups is 1. The Bertz CT molecular complexity index is 388. The van der Waals surface area contributed by atoms with E-state index in [9.17, 15) is 0 Å². The van der Waals surface area contributed by atoms with Gasteiger partial charge in [0.05, 0.1) is 16.7 Å². The van der Waals surface area contributed by atoms with Crippen LogP contribution in [0.5, 0.6) is 0 Å². The van der Waals surface area contributed by atoms with Crippen LogP contribution in [0.1, 0.15) is 60.6 Å². The molecule has 1 aromatic rings. The summed E-state index contributed by atoms with van der Waals surface area (Å²) in [6.45, 7) is 6.49. The molecule has 0 aromatic carbocycles. The highest BCUT2D eigenvalue weighted by atomic mass is 32.1. The van der Waals surface area contributed by atoms with Crippen LogP contribution in [0.4, 0.5) is 0 Å². The molecule has 1 aliphatic rings. The fourth-order valence-corrected chi connectivity index (χ4v) is 4.48. The lowest BCUT2D eigenvalue weighted by Gasteiger charge is -2.36. The van der Waals surface area contributed by atoms with Gasteiger partial charge in [0.1, 0.15) is 0 Å². The van der Waals surface area contributed by atoms with E-state index in [2.05, 4.69) is 31.2 Å². The Kier molecular flexibility index (Phi) is 4.76. The minimum Gasteiger partial charge on any atom is -0.271 e. The van der Waals surface area contributed by atoms with Crippen molar-refractivity contribution < 1.29 is 0 Å². The summed E-state index contributed by atoms with van der Waals surface area (Å²) < 4.78 is 0. The Morgan fingerprint density at radius 1 is 1.39 bits per heavy atom. The lowest BCUT2D eigenvalue weighted by atomic mass is 9.73. The third-order valence-electron chi connectivity index (χ3n) is 4.32. The van der Waals surface area contributed by atoms with Crippen LogP contribution in [0.2, 0.25) is 0 Å². The number of rotatable bonds is 4. The van der Waals surface area contributed by atoms with Crippen molar-refractivity contribution in [2.24, 2.45) is 17.7 Å². The highest BCUT2D eigenvalue weighted by Crippen LogP contribution is 2.42. The van der Waals surface area contributed by atoms with Gasteiger partial charge in [-0.15, -0.1) is 11.3 Å². The van der Waals surface area contributed by atoms with Crippen molar-refractivity contribution >= 4 is 11.3 Å². The van der Waals surface area contributed by atoms with Gasteiger partial charge in [-0.25, -0.2) is 4.98 Å². The molecule has 102 valence electrons. The van der Waals surface area contributed by atoms with E-state index in [4.69, 9.17) is 5.84 Å². The van der Waals surface area contributed by atoms with Crippen molar-refractivity contribution in [3.8, 4) is 0 Å². The summed E-state index contributed by atoms with van der Waals surface area (Å²) in [5.41, 5.74) is 4.23. The van der Waals surface area contributed by atoms with Gasteiger partial charge in [-0.1, -0.05) is 32.6 Å². The molecule has 3 unspecified atom stereocenters. The molecule has 2 rings (SSSR count). The first-order valence-corrected chi connectivity index (χ1v) is 7.89. The van der Waals surface area contributed by atoms with Crippen molar-refractivity contribution in [2.45, 2.75) is 58.9 Å². The average molecular weight is 267 g/mol. The highest BCUT2D eigenvalue weighted by molar-refractivity contribution is 7.11. The monoisotopic (exact) mass is 267 g/mol. The Morgan fingerprint density at radius 3 is 2.67 bits per heavy atom. The number of aromatic nitrogens is 1. The zero-order valence-corrected chi connectivity index (χ0v) is 12.5. The zero-order chi connectivity index (χ0) is 13.1. The van der Waals surface area contributed by atoms with E-state index in [1.807, 2.05) is 0 Å². The first-order chi connectivity index (χ1) is 8.67. The second-order valence-electron chi connectivity index (χ2n) is 5.44. The van der Waals surface area contributed by atoms with Crippen molar-refractivity contribution in [1.29, 1.82) is 0 Å². The number of thiazole rings is 1. The maximum absolute atomic E-state index is 5.86. The van der Waals surface area contributed by atoms with Crippen LogP contribution in [0, 0.1) is 25.7 Å². The minimum absolute atomic E-state index is 0.293. The molecule has 18 heavy (non-hydrogen) atoms. The molecule has 3 atom stereocenters. The van der Waals surface area contributed by atoms with Crippen molar-refractivity contribution in [3.63, 3.8) is 0 Å². The van der Waals surface area contributed by atoms with Gasteiger partial charge in [-0.3, -0.25) is 11.3 Å². The number of nitrogens with zero attached hydrogens (tertiary/aromatic N) is 1. The molecular weight excluding hydrogens is 242 g/mol. The second-order valence-corrected chi connectivity index (χ2v) is 6.68. The largest absolute Gasteiger partial charge is 0.271 e.